The molecule has 2 aromatic rings. The highest BCUT2D eigenvalue weighted by Gasteiger charge is 2.28. The molecule has 0 saturated heterocycles. The first-order chi connectivity index (χ1) is 11.5. The number of carbonyl (C=O) groups is 1. The van der Waals surface area contributed by atoms with Crippen LogP contribution in [0.5, 0.6) is 5.75 Å². The molecule has 2 heterocycles. The smallest absolute Gasteiger partial charge is 0.343 e. The molecule has 0 amide bonds. The van der Waals surface area contributed by atoms with Crippen LogP contribution in [-0.4, -0.2) is 29.0 Å². The van der Waals surface area contributed by atoms with Gasteiger partial charge >= 0.3 is 5.97 Å². The van der Waals surface area contributed by atoms with E-state index in [1.165, 1.54) is 17.9 Å². The van der Waals surface area contributed by atoms with Crippen molar-refractivity contribution in [1.82, 2.24) is 4.57 Å². The Kier molecular flexibility index (Phi) is 4.53. The first-order valence-electron chi connectivity index (χ1n) is 7.39. The van der Waals surface area contributed by atoms with Gasteiger partial charge in [0.05, 0.1) is 12.8 Å². The predicted molar refractivity (Wildman–Crippen MR) is 93.4 cm³/mol. The lowest BCUT2D eigenvalue weighted by Crippen LogP contribution is -2.26. The first kappa shape index (κ1) is 16.4. The van der Waals surface area contributed by atoms with E-state index in [9.17, 15) is 14.7 Å². The van der Waals surface area contributed by atoms with Crippen molar-refractivity contribution in [3.05, 3.63) is 55.9 Å². The summed E-state index contributed by atoms with van der Waals surface area (Å²) in [5.41, 5.74) is 0.830. The Morgan fingerprint density at radius 3 is 2.75 bits per heavy atom. The summed E-state index contributed by atoms with van der Waals surface area (Å²) >= 11 is 3.34. The summed E-state index contributed by atoms with van der Waals surface area (Å²) in [6, 6.07) is 7.18. The van der Waals surface area contributed by atoms with E-state index in [4.69, 9.17) is 4.74 Å². The molecule has 6 nitrogen and oxygen atoms in total. The molecule has 1 aliphatic rings. The predicted octanol–water partition coefficient (Wildman–Crippen LogP) is 2.80. The quantitative estimate of drug-likeness (QED) is 0.645. The van der Waals surface area contributed by atoms with Gasteiger partial charge in [-0.2, -0.15) is 0 Å². The summed E-state index contributed by atoms with van der Waals surface area (Å²) < 4.78 is 7.17. The van der Waals surface area contributed by atoms with Gasteiger partial charge in [-0.15, -0.1) is 0 Å². The summed E-state index contributed by atoms with van der Waals surface area (Å²) in [4.78, 5) is 28.8. The number of pyridine rings is 1. The number of carbonyl (C=O) groups excluding carboxylic acids is 1. The Bertz CT molecular complexity index is 885. The molecule has 7 heteroatoms. The third-order valence-electron chi connectivity index (χ3n) is 3.94. The van der Waals surface area contributed by atoms with Crippen molar-refractivity contribution in [3.63, 3.8) is 0 Å². The number of methoxy groups -OCH3 is 1. The van der Waals surface area contributed by atoms with Crippen molar-refractivity contribution >= 4 is 33.8 Å². The molecule has 0 unspecified atom stereocenters. The van der Waals surface area contributed by atoms with Crippen LogP contribution in [-0.2, 0) is 17.7 Å². The largest absolute Gasteiger partial charge is 0.506 e. The highest BCUT2D eigenvalue weighted by Crippen LogP contribution is 2.28. The summed E-state index contributed by atoms with van der Waals surface area (Å²) in [6.07, 6.45) is 2.59. The zero-order valence-electron chi connectivity index (χ0n) is 13.0. The average molecular weight is 391 g/mol. The van der Waals surface area contributed by atoms with Gasteiger partial charge in [-0.05, 0) is 37.1 Å². The van der Waals surface area contributed by atoms with Gasteiger partial charge < -0.3 is 14.4 Å². The normalized spacial score (nSPS) is 13.2. The third-order valence-corrected chi connectivity index (χ3v) is 4.46. The Balaban J connectivity index is 2.12. The number of halogens is 1. The zero-order chi connectivity index (χ0) is 17.3. The summed E-state index contributed by atoms with van der Waals surface area (Å²) in [5, 5.41) is 10.4. The zero-order valence-corrected chi connectivity index (χ0v) is 14.5. The second-order valence-corrected chi connectivity index (χ2v) is 6.29. The van der Waals surface area contributed by atoms with Crippen LogP contribution in [0.25, 0.3) is 0 Å². The van der Waals surface area contributed by atoms with Crippen molar-refractivity contribution < 1.29 is 14.6 Å². The van der Waals surface area contributed by atoms with Crippen LogP contribution < -0.4 is 5.56 Å². The molecule has 0 aliphatic carbocycles. The van der Waals surface area contributed by atoms with Gasteiger partial charge in [0.25, 0.3) is 5.56 Å². The fourth-order valence-corrected chi connectivity index (χ4v) is 3.04. The summed E-state index contributed by atoms with van der Waals surface area (Å²) in [6.45, 7) is 0.511. The minimum atomic E-state index is -0.656. The number of rotatable bonds is 3. The van der Waals surface area contributed by atoms with Gasteiger partial charge in [0, 0.05) is 22.9 Å². The lowest BCUT2D eigenvalue weighted by Gasteiger charge is -2.12. The SMILES string of the molecule is COC(=O)c1c(O)c(C=Nc2ccc(Br)cc2)c(=O)n2c1CCC2. The van der Waals surface area contributed by atoms with Gasteiger partial charge in [0.2, 0.25) is 0 Å². The molecule has 124 valence electrons. The fraction of sp³-hybridized carbons (Fsp3) is 0.235. The minimum Gasteiger partial charge on any atom is -0.506 e. The number of aromatic hydroxyl groups is 1. The van der Waals surface area contributed by atoms with E-state index in [0.29, 0.717) is 24.3 Å². The number of hydrogen-bond donors (Lipinski definition) is 1. The molecule has 0 fully saturated rings. The number of ether oxygens (including phenoxy) is 1. The molecule has 1 N–H and O–H groups in total. The highest BCUT2D eigenvalue weighted by atomic mass is 79.9. The van der Waals surface area contributed by atoms with Crippen molar-refractivity contribution in [2.75, 3.05) is 7.11 Å². The van der Waals surface area contributed by atoms with Crippen molar-refractivity contribution in [2.24, 2.45) is 4.99 Å². The maximum absolute atomic E-state index is 12.6. The Morgan fingerprint density at radius 1 is 1.38 bits per heavy atom. The van der Waals surface area contributed by atoms with Gasteiger partial charge in [-0.3, -0.25) is 9.79 Å². The lowest BCUT2D eigenvalue weighted by atomic mass is 10.1. The Labute approximate surface area is 146 Å². The summed E-state index contributed by atoms with van der Waals surface area (Å²) in [5.74, 6) is -1.03. The van der Waals surface area contributed by atoms with Gasteiger partial charge in [0.15, 0.2) is 0 Å². The molecule has 3 rings (SSSR count). The second-order valence-electron chi connectivity index (χ2n) is 5.37. The van der Waals surface area contributed by atoms with Crippen molar-refractivity contribution in [2.45, 2.75) is 19.4 Å². The fourth-order valence-electron chi connectivity index (χ4n) is 2.78. The van der Waals surface area contributed by atoms with E-state index in [-0.39, 0.29) is 22.4 Å². The van der Waals surface area contributed by atoms with Gasteiger partial charge in [-0.1, -0.05) is 15.9 Å². The molecule has 1 aromatic carbocycles. The minimum absolute atomic E-state index is 0.0102. The van der Waals surface area contributed by atoms with Crippen LogP contribution in [0.2, 0.25) is 0 Å². The van der Waals surface area contributed by atoms with E-state index in [1.54, 1.807) is 12.1 Å². The number of nitrogens with zero attached hydrogens (tertiary/aromatic N) is 2. The molecular weight excluding hydrogens is 376 g/mol. The molecule has 1 aliphatic heterocycles. The van der Waals surface area contributed by atoms with Crippen LogP contribution in [0, 0.1) is 0 Å². The molecule has 0 atom stereocenters. The van der Waals surface area contributed by atoms with Crippen LogP contribution in [0.1, 0.15) is 28.0 Å². The number of aliphatic imine (C=N–C) groups is 1. The van der Waals surface area contributed by atoms with Crippen LogP contribution >= 0.6 is 15.9 Å². The Morgan fingerprint density at radius 2 is 2.08 bits per heavy atom. The van der Waals surface area contributed by atoms with Crippen molar-refractivity contribution in [3.8, 4) is 5.75 Å². The van der Waals surface area contributed by atoms with Crippen LogP contribution in [0.4, 0.5) is 5.69 Å². The monoisotopic (exact) mass is 390 g/mol. The number of hydrogen-bond acceptors (Lipinski definition) is 5. The molecule has 1 aromatic heterocycles. The highest BCUT2D eigenvalue weighted by molar-refractivity contribution is 9.10. The van der Waals surface area contributed by atoms with E-state index >= 15 is 0 Å². The Hall–Kier alpha value is -2.41. The molecule has 0 saturated carbocycles. The van der Waals surface area contributed by atoms with Crippen LogP contribution in [0.3, 0.4) is 0 Å². The number of aromatic nitrogens is 1. The number of fused-ring (bicyclic) bond motifs is 1. The maximum atomic E-state index is 12.6. The molecule has 24 heavy (non-hydrogen) atoms. The molecule has 0 bridgehead atoms. The number of benzene rings is 1. The molecule has 0 spiro atoms. The van der Waals surface area contributed by atoms with E-state index in [0.717, 1.165) is 10.9 Å². The summed E-state index contributed by atoms with van der Waals surface area (Å²) in [7, 11) is 1.24. The molecule has 0 radical (unpaired) electrons. The lowest BCUT2D eigenvalue weighted by molar-refractivity contribution is 0.0595. The van der Waals surface area contributed by atoms with Crippen molar-refractivity contribution in [1.29, 1.82) is 0 Å². The standard InChI is InChI=1S/C17H15BrN2O4/c1-24-17(23)14-13-3-2-8-20(13)16(22)12(15(14)21)9-19-11-6-4-10(18)5-7-11/h4-7,9,21H,2-3,8H2,1H3. The first-order valence-corrected chi connectivity index (χ1v) is 8.19. The van der Waals surface area contributed by atoms with E-state index in [1.807, 2.05) is 12.1 Å². The topological polar surface area (TPSA) is 80.9 Å². The average Bonchev–Trinajstić information content (AvgIpc) is 3.05. The number of esters is 1. The van der Waals surface area contributed by atoms with Gasteiger partial charge in [-0.25, -0.2) is 4.79 Å². The third kappa shape index (κ3) is 2.87. The second kappa shape index (κ2) is 6.60. The van der Waals surface area contributed by atoms with Crippen LogP contribution in [0.15, 0.2) is 38.5 Å². The van der Waals surface area contributed by atoms with E-state index < -0.39 is 5.97 Å². The van der Waals surface area contributed by atoms with E-state index in [2.05, 4.69) is 20.9 Å². The van der Waals surface area contributed by atoms with Gasteiger partial charge in [0.1, 0.15) is 16.9 Å². The molecular formula is C17H15BrN2O4. The maximum Gasteiger partial charge on any atom is 0.343 e.